The topological polar surface area (TPSA) is 0 Å². The van der Waals surface area contributed by atoms with Crippen molar-refractivity contribution < 1.29 is 26.7 Å². The van der Waals surface area contributed by atoms with Gasteiger partial charge in [-0.25, -0.2) is 0 Å². The van der Waals surface area contributed by atoms with Crippen LogP contribution in [0, 0.1) is 0 Å². The summed E-state index contributed by atoms with van der Waals surface area (Å²) in [5, 5.41) is 0. The van der Waals surface area contributed by atoms with Gasteiger partial charge in [0, 0.05) is 0 Å². The van der Waals surface area contributed by atoms with Gasteiger partial charge in [0.05, 0.1) is 0 Å². The van der Waals surface area contributed by atoms with E-state index >= 15 is 5.25 Å². The third kappa shape index (κ3) is 2.77. The van der Waals surface area contributed by atoms with E-state index < -0.39 is 28.2 Å². The molecule has 0 radical (unpaired) electrons. The summed E-state index contributed by atoms with van der Waals surface area (Å²) < 4.78 is 32.3. The summed E-state index contributed by atoms with van der Waals surface area (Å²) in [5.74, 6) is 0. The molecule has 0 heterocycles. The Balaban J connectivity index is 1.97. The van der Waals surface area contributed by atoms with Crippen LogP contribution >= 0.6 is 0 Å². The van der Waals surface area contributed by atoms with Crippen LogP contribution in [0.1, 0.15) is 61.4 Å². The van der Waals surface area contributed by atoms with Gasteiger partial charge in [-0.15, -0.1) is 0 Å². The molecule has 0 amide bonds. The van der Waals surface area contributed by atoms with Gasteiger partial charge in [-0.3, -0.25) is 0 Å². The van der Waals surface area contributed by atoms with Gasteiger partial charge in [0.15, 0.2) is 0 Å². The second kappa shape index (κ2) is 7.27. The molecule has 0 spiro atoms. The van der Waals surface area contributed by atoms with E-state index in [9.17, 15) is 0 Å². The van der Waals surface area contributed by atoms with E-state index in [0.29, 0.717) is 6.42 Å². The van der Waals surface area contributed by atoms with Gasteiger partial charge in [-0.05, 0) is 0 Å². The van der Waals surface area contributed by atoms with Crippen LogP contribution in [0.2, 0.25) is 3.12 Å². The van der Waals surface area contributed by atoms with E-state index in [1.54, 1.807) is 0 Å². The average molecular weight is 470 g/mol. The predicted octanol–water partition coefficient (Wildman–Crippen LogP) is 8.46. The normalized spacial score (nSPS) is 20.9. The molecule has 0 bridgehead atoms. The number of rotatable bonds is 4. The molecule has 0 fully saturated rings. The summed E-state index contributed by atoms with van der Waals surface area (Å²) in [6, 6.07) is 17.5. The average Bonchev–Trinajstić information content (AvgIpc) is 3.20. The fourth-order valence-electron chi connectivity index (χ4n) is 5.59. The molecular formula is C26H28F2Zr. The first kappa shape index (κ1) is 20.7. The van der Waals surface area contributed by atoms with Crippen LogP contribution in [0.15, 0.2) is 76.9 Å². The molecule has 2 aliphatic rings. The van der Waals surface area contributed by atoms with Gasteiger partial charge in [-0.2, -0.15) is 0 Å². The van der Waals surface area contributed by atoms with Crippen molar-refractivity contribution in [3.63, 3.8) is 0 Å². The zero-order valence-corrected chi connectivity index (χ0v) is 20.3. The Labute approximate surface area is 179 Å². The minimum atomic E-state index is -5.86. The maximum atomic E-state index is 17.1. The van der Waals surface area contributed by atoms with Crippen LogP contribution in [0.4, 0.5) is 5.25 Å². The first-order valence-electron chi connectivity index (χ1n) is 10.4. The molecule has 1 atom stereocenters. The van der Waals surface area contributed by atoms with Crippen molar-refractivity contribution in [1.29, 1.82) is 0 Å². The molecule has 2 aromatic carbocycles. The van der Waals surface area contributed by atoms with Crippen LogP contribution in [0.5, 0.6) is 0 Å². The quantitative estimate of drug-likeness (QED) is 0.421. The molecule has 2 aromatic rings. The molecule has 0 N–H and O–H groups in total. The zero-order valence-electron chi connectivity index (χ0n) is 17.8. The van der Waals surface area contributed by atoms with Gasteiger partial charge in [0.25, 0.3) is 0 Å². The molecule has 150 valence electrons. The first-order chi connectivity index (χ1) is 13.8. The Morgan fingerprint density at radius 2 is 1.38 bits per heavy atom. The Hall–Kier alpha value is -1.60. The van der Waals surface area contributed by atoms with Crippen molar-refractivity contribution in [1.82, 2.24) is 0 Å². The number of fused-ring (bicyclic) bond motifs is 1. The van der Waals surface area contributed by atoms with E-state index in [0.717, 1.165) is 44.6 Å². The van der Waals surface area contributed by atoms with Gasteiger partial charge in [-0.1, -0.05) is 0 Å². The fourth-order valence-corrected chi connectivity index (χ4v) is 14.5. The maximum absolute atomic E-state index is 17.1. The molecule has 0 saturated carbocycles. The number of hydrogen-bond donors (Lipinski definition) is 0. The number of benzene rings is 2. The number of halogens is 2. The van der Waals surface area contributed by atoms with E-state index in [-0.39, 0.29) is 0 Å². The Morgan fingerprint density at radius 3 is 1.97 bits per heavy atom. The Morgan fingerprint density at radius 1 is 0.828 bits per heavy atom. The molecule has 0 aromatic heterocycles. The fraction of sp³-hybridized carbons (Fsp3) is 0.308. The standard InChI is InChI=1S/C15H11.C11H17.2FH.Zr/c1-2-6-12(7-3-1)15-10-13-8-4-5-9-14(13)11-15;1-6-11-9(4)7(2)8(3)10(11)5;;;/h1-11H;6H2,1-5H3;2*1H;/q;;;;+2/p-2. The third-order valence-electron chi connectivity index (χ3n) is 7.47. The summed E-state index contributed by atoms with van der Waals surface area (Å²) in [7, 11) is 0. The Kier molecular flexibility index (Phi) is 5.18. The summed E-state index contributed by atoms with van der Waals surface area (Å²) in [6.45, 7) is 9.90. The zero-order chi connectivity index (χ0) is 21.0. The van der Waals surface area contributed by atoms with Crippen molar-refractivity contribution >= 4 is 11.6 Å². The molecule has 0 saturated heterocycles. The molecular weight excluding hydrogens is 442 g/mol. The molecule has 4 rings (SSSR count). The third-order valence-corrected chi connectivity index (χ3v) is 16.3. The first-order valence-corrected chi connectivity index (χ1v) is 14.9. The molecule has 2 aliphatic carbocycles. The van der Waals surface area contributed by atoms with Crippen LogP contribution in [0.25, 0.3) is 11.6 Å². The van der Waals surface area contributed by atoms with E-state index in [2.05, 4.69) is 0 Å². The van der Waals surface area contributed by atoms with E-state index in [4.69, 9.17) is 0 Å². The van der Waals surface area contributed by atoms with Gasteiger partial charge < -0.3 is 0 Å². The van der Waals surface area contributed by atoms with E-state index in [1.807, 2.05) is 95.3 Å². The molecule has 0 aliphatic heterocycles. The summed E-state index contributed by atoms with van der Waals surface area (Å²) in [6.07, 6.45) is 2.49. The number of allylic oxidation sites excluding steroid dienone is 5. The van der Waals surface area contributed by atoms with Gasteiger partial charge >= 0.3 is 180 Å². The summed E-state index contributed by atoms with van der Waals surface area (Å²) in [5.41, 5.74) is 7.46. The monoisotopic (exact) mass is 468 g/mol. The van der Waals surface area contributed by atoms with Crippen LogP contribution in [0.3, 0.4) is 0 Å². The second-order valence-electron chi connectivity index (χ2n) is 8.41. The molecule has 1 unspecified atom stereocenters. The molecule has 29 heavy (non-hydrogen) atoms. The summed E-state index contributed by atoms with van der Waals surface area (Å²) >= 11 is -5.86. The Bertz CT molecular complexity index is 1030. The van der Waals surface area contributed by atoms with Crippen molar-refractivity contribution in [2.45, 2.75) is 47.8 Å². The molecule has 0 nitrogen and oxygen atoms in total. The SMILES string of the molecule is CC[C]1([Zr]([F])([F])[CH]2C(c3ccccc3)=Cc3ccccc32)C(C)=C(C)C(C)=C1C. The van der Waals surface area contributed by atoms with E-state index in [1.165, 1.54) is 0 Å². The summed E-state index contributed by atoms with van der Waals surface area (Å²) in [4.78, 5) is 0. The minimum absolute atomic E-state index is 0.475. The van der Waals surface area contributed by atoms with Crippen molar-refractivity contribution in [2.24, 2.45) is 0 Å². The van der Waals surface area contributed by atoms with Crippen molar-refractivity contribution in [2.75, 3.05) is 0 Å². The predicted molar refractivity (Wildman–Crippen MR) is 115 cm³/mol. The molecule has 3 heteroatoms. The van der Waals surface area contributed by atoms with Crippen LogP contribution in [-0.4, -0.2) is 0 Å². The second-order valence-corrected chi connectivity index (χ2v) is 15.0. The van der Waals surface area contributed by atoms with Gasteiger partial charge in [0.2, 0.25) is 0 Å². The number of hydrogen-bond acceptors (Lipinski definition) is 0. The van der Waals surface area contributed by atoms with Crippen molar-refractivity contribution in [3.8, 4) is 0 Å². The van der Waals surface area contributed by atoms with Gasteiger partial charge in [0.1, 0.15) is 0 Å². The van der Waals surface area contributed by atoms with Crippen LogP contribution in [-0.2, 0) is 21.5 Å². The van der Waals surface area contributed by atoms with Crippen LogP contribution < -0.4 is 0 Å². The van der Waals surface area contributed by atoms with Crippen molar-refractivity contribution in [3.05, 3.63) is 93.6 Å².